The van der Waals surface area contributed by atoms with Crippen molar-refractivity contribution < 1.29 is 34.3 Å². The number of benzene rings is 3. The average Bonchev–Trinajstić information content (AvgIpc) is 2.91. The first kappa shape index (κ1) is 24.0. The maximum atomic E-state index is 12.4. The van der Waals surface area contributed by atoms with Gasteiger partial charge in [0.15, 0.2) is 0 Å². The molecule has 8 heteroatoms. The van der Waals surface area contributed by atoms with Crippen molar-refractivity contribution in [1.29, 1.82) is 0 Å². The molecule has 0 unspecified atom stereocenters. The van der Waals surface area contributed by atoms with Crippen molar-refractivity contribution in [3.05, 3.63) is 80.9 Å². The fraction of sp³-hybridized carbons (Fsp3) is 0.300. The summed E-state index contributed by atoms with van der Waals surface area (Å²) in [5.41, 5.74) is 5.78. The zero-order valence-electron chi connectivity index (χ0n) is 20.9. The van der Waals surface area contributed by atoms with E-state index >= 15 is 0 Å². The smallest absolute Gasteiger partial charge is 0.336 e. The molecule has 8 nitrogen and oxygen atoms in total. The number of rotatable bonds is 7. The highest BCUT2D eigenvalue weighted by Crippen LogP contribution is 2.42. The van der Waals surface area contributed by atoms with Crippen LogP contribution in [0.15, 0.2) is 42.5 Å². The monoisotopic (exact) mass is 513 g/mol. The molecule has 4 N–H and O–H groups in total. The van der Waals surface area contributed by atoms with Gasteiger partial charge in [-0.05, 0) is 61.6 Å². The lowest BCUT2D eigenvalue weighted by Gasteiger charge is -2.26. The molecule has 0 bridgehead atoms. The number of carboxylic acid groups (broad SMARTS) is 2. The number of aryl methyl sites for hydroxylation is 2. The van der Waals surface area contributed by atoms with Crippen LogP contribution >= 0.6 is 0 Å². The average molecular weight is 514 g/mol. The van der Waals surface area contributed by atoms with E-state index in [0.717, 1.165) is 66.2 Å². The molecule has 3 aromatic rings. The largest absolute Gasteiger partial charge is 0.494 e. The van der Waals surface area contributed by atoms with E-state index in [9.17, 15) is 14.7 Å². The van der Waals surface area contributed by atoms with Gasteiger partial charge in [-0.15, -0.1) is 0 Å². The number of aromatic carboxylic acids is 1. The minimum atomic E-state index is -1.03. The maximum absolute atomic E-state index is 12.4. The third kappa shape index (κ3) is 4.47. The fourth-order valence-corrected chi connectivity index (χ4v) is 5.53. The van der Waals surface area contributed by atoms with Crippen LogP contribution in [0.4, 0.5) is 5.69 Å². The molecule has 3 aliphatic heterocycles. The molecule has 3 aliphatic rings. The summed E-state index contributed by atoms with van der Waals surface area (Å²) in [4.78, 5) is 26.8. The van der Waals surface area contributed by atoms with E-state index in [0.29, 0.717) is 29.2 Å². The standard InChI is InChI=1S/C30H28N2O6/c33-28(34)6-3-11-37-19-7-8-20(30(35)36)21(14-19)29-22-12-17-4-1-9-31-24(17)15-26(22)38-27-16-25-18(13-23(27)29)5-2-10-32-25/h7-8,12-16,31H,1-6,9-11H2,(H,33,34)(H,35,36)/p+1. The summed E-state index contributed by atoms with van der Waals surface area (Å²) < 4.78 is 12.3. The molecular weight excluding hydrogens is 484 g/mol. The van der Waals surface area contributed by atoms with Gasteiger partial charge in [0, 0.05) is 58.6 Å². The van der Waals surface area contributed by atoms with Gasteiger partial charge in [0.25, 0.3) is 0 Å². The predicted octanol–water partition coefficient (Wildman–Crippen LogP) is 1.99. The van der Waals surface area contributed by atoms with Gasteiger partial charge in [-0.1, -0.05) is 0 Å². The van der Waals surface area contributed by atoms with Crippen LogP contribution in [-0.2, 0) is 17.6 Å². The molecule has 0 saturated heterocycles. The van der Waals surface area contributed by atoms with E-state index in [-0.39, 0.29) is 18.6 Å². The van der Waals surface area contributed by atoms with Gasteiger partial charge in [-0.2, -0.15) is 0 Å². The van der Waals surface area contributed by atoms with Crippen molar-refractivity contribution in [3.63, 3.8) is 0 Å². The number of anilines is 1. The summed E-state index contributed by atoms with van der Waals surface area (Å²) in [7, 11) is 0. The molecule has 3 aromatic carbocycles. The van der Waals surface area contributed by atoms with Crippen LogP contribution in [0.1, 0.15) is 58.3 Å². The Kier molecular flexibility index (Phi) is 6.23. The third-order valence-corrected chi connectivity index (χ3v) is 7.34. The van der Waals surface area contributed by atoms with Crippen molar-refractivity contribution in [1.82, 2.24) is 0 Å². The molecule has 0 aliphatic carbocycles. The number of ether oxygens (including phenoxy) is 2. The van der Waals surface area contributed by atoms with Crippen LogP contribution < -0.4 is 30.4 Å². The molecule has 0 aromatic heterocycles. The summed E-state index contributed by atoms with van der Waals surface area (Å²) in [6, 6.07) is 13.2. The Balaban J connectivity index is 1.58. The Hall–Kier alpha value is -4.33. The van der Waals surface area contributed by atoms with Crippen LogP contribution in [0.25, 0.3) is 5.57 Å². The van der Waals surface area contributed by atoms with E-state index in [1.54, 1.807) is 18.2 Å². The summed E-state index contributed by atoms with van der Waals surface area (Å²) in [6.45, 7) is 2.03. The lowest BCUT2D eigenvalue weighted by molar-refractivity contribution is -0.505. The van der Waals surface area contributed by atoms with Gasteiger partial charge in [0.05, 0.1) is 18.2 Å². The lowest BCUT2D eigenvalue weighted by Crippen LogP contribution is -2.79. The number of aliphatic carboxylic acids is 1. The number of hydrogen-bond donors (Lipinski definition) is 4. The number of fused-ring (bicyclic) bond motifs is 4. The summed E-state index contributed by atoms with van der Waals surface area (Å²) in [5.74, 6) is -0.0475. The lowest BCUT2D eigenvalue weighted by atomic mass is 9.86. The van der Waals surface area contributed by atoms with Crippen LogP contribution in [0, 0.1) is 0 Å². The molecule has 0 saturated carbocycles. The molecule has 0 atom stereocenters. The highest BCUT2D eigenvalue weighted by Gasteiger charge is 2.28. The normalized spacial score (nSPS) is 15.0. The van der Waals surface area contributed by atoms with Gasteiger partial charge in [0.2, 0.25) is 5.36 Å². The molecule has 0 radical (unpaired) electrons. The highest BCUT2D eigenvalue weighted by molar-refractivity contribution is 5.99. The van der Waals surface area contributed by atoms with E-state index in [1.165, 1.54) is 11.1 Å². The Labute approximate surface area is 219 Å². The number of carbonyl (C=O) groups is 2. The number of hydrogen-bond acceptors (Lipinski definition) is 5. The second kappa shape index (κ2) is 9.85. The second-order valence-electron chi connectivity index (χ2n) is 9.91. The summed E-state index contributed by atoms with van der Waals surface area (Å²) in [5, 5.41) is 24.5. The van der Waals surface area contributed by atoms with Crippen LogP contribution in [0.5, 0.6) is 17.2 Å². The molecule has 0 amide bonds. The van der Waals surface area contributed by atoms with Gasteiger partial charge >= 0.3 is 11.9 Å². The Morgan fingerprint density at radius 3 is 2.68 bits per heavy atom. The van der Waals surface area contributed by atoms with Gasteiger partial charge in [0.1, 0.15) is 23.8 Å². The van der Waals surface area contributed by atoms with Crippen molar-refractivity contribution in [2.24, 2.45) is 0 Å². The van der Waals surface area contributed by atoms with Gasteiger partial charge in [-0.3, -0.25) is 4.79 Å². The van der Waals surface area contributed by atoms with Crippen LogP contribution in [-0.4, -0.2) is 41.8 Å². The van der Waals surface area contributed by atoms with Crippen molar-refractivity contribution in [2.45, 2.75) is 38.5 Å². The first-order valence-electron chi connectivity index (χ1n) is 13.1. The summed E-state index contributed by atoms with van der Waals surface area (Å²) in [6.07, 6.45) is 4.29. The summed E-state index contributed by atoms with van der Waals surface area (Å²) >= 11 is 0. The Morgan fingerprint density at radius 1 is 0.974 bits per heavy atom. The number of nitrogens with one attached hydrogen (secondary N) is 2. The van der Waals surface area contributed by atoms with Crippen LogP contribution in [0.3, 0.4) is 0 Å². The van der Waals surface area contributed by atoms with Crippen molar-refractivity contribution >= 4 is 23.2 Å². The first-order valence-corrected chi connectivity index (χ1v) is 13.1. The number of carboxylic acids is 2. The van der Waals surface area contributed by atoms with Crippen LogP contribution in [0.2, 0.25) is 0 Å². The maximum Gasteiger partial charge on any atom is 0.336 e. The van der Waals surface area contributed by atoms with Crippen molar-refractivity contribution in [3.8, 4) is 17.2 Å². The molecule has 0 fully saturated rings. The predicted molar refractivity (Wildman–Crippen MR) is 140 cm³/mol. The molecular formula is C30H29N2O6+. The zero-order valence-corrected chi connectivity index (χ0v) is 20.9. The zero-order chi connectivity index (χ0) is 26.2. The van der Waals surface area contributed by atoms with Crippen molar-refractivity contribution in [2.75, 3.05) is 25.0 Å². The quantitative estimate of drug-likeness (QED) is 0.279. The molecule has 0 spiro atoms. The Morgan fingerprint density at radius 2 is 1.84 bits per heavy atom. The van der Waals surface area contributed by atoms with E-state index in [2.05, 4.69) is 22.4 Å². The minimum absolute atomic E-state index is 0.00776. The highest BCUT2D eigenvalue weighted by atomic mass is 16.5. The molecule has 3 heterocycles. The van der Waals surface area contributed by atoms with Gasteiger partial charge < -0.3 is 25.0 Å². The first-order chi connectivity index (χ1) is 18.5. The fourth-order valence-electron chi connectivity index (χ4n) is 5.53. The Bertz CT molecular complexity index is 1590. The van der Waals surface area contributed by atoms with Gasteiger partial charge in [-0.25, -0.2) is 9.79 Å². The molecule has 38 heavy (non-hydrogen) atoms. The molecule has 194 valence electrons. The van der Waals surface area contributed by atoms with E-state index in [1.807, 2.05) is 12.1 Å². The molecule has 6 rings (SSSR count). The van der Waals surface area contributed by atoms with E-state index < -0.39 is 11.9 Å². The topological polar surface area (TPSA) is 119 Å². The van der Waals surface area contributed by atoms with E-state index in [4.69, 9.17) is 14.6 Å². The second-order valence-corrected chi connectivity index (χ2v) is 9.91. The minimum Gasteiger partial charge on any atom is -0.494 e. The third-order valence-electron chi connectivity index (χ3n) is 7.34. The SMILES string of the molecule is O=C(O)CCCOc1ccc(C(=O)O)c(C2=c3cc4c(cc3Oc3cc5c(cc32)CCCN5)=[NH+]CCC4)c1.